The van der Waals surface area contributed by atoms with Crippen molar-refractivity contribution in [1.82, 2.24) is 9.88 Å². The Morgan fingerprint density at radius 3 is 2.86 bits per heavy atom. The topological polar surface area (TPSA) is 56.3 Å². The van der Waals surface area contributed by atoms with Crippen LogP contribution in [0.15, 0.2) is 24.3 Å². The molecule has 1 aliphatic rings. The minimum atomic E-state index is -2.95. The van der Waals surface area contributed by atoms with Gasteiger partial charge in [0.1, 0.15) is 5.69 Å². The summed E-state index contributed by atoms with van der Waals surface area (Å²) < 4.78 is 27.2. The fourth-order valence-corrected chi connectivity index (χ4v) is 3.06. The lowest BCUT2D eigenvalue weighted by Gasteiger charge is -2.37. The van der Waals surface area contributed by atoms with Gasteiger partial charge in [0, 0.05) is 30.4 Å². The van der Waals surface area contributed by atoms with E-state index < -0.39 is 30.8 Å². The van der Waals surface area contributed by atoms with E-state index in [1.165, 1.54) is 4.90 Å². The van der Waals surface area contributed by atoms with Crippen LogP contribution in [-0.4, -0.2) is 46.5 Å². The van der Waals surface area contributed by atoms with Crippen molar-refractivity contribution in [1.29, 1.82) is 0 Å². The molecule has 1 unspecified atom stereocenters. The van der Waals surface area contributed by atoms with Crippen LogP contribution in [0.5, 0.6) is 0 Å². The zero-order valence-electron chi connectivity index (χ0n) is 11.7. The number of H-pyrrole nitrogens is 1. The molecule has 1 atom stereocenters. The molecular weight excluding hydrogens is 314 g/mol. The number of piperidine rings is 1. The number of aromatic amines is 1. The molecule has 3 rings (SSSR count). The second-order valence-electron chi connectivity index (χ2n) is 5.50. The van der Waals surface area contributed by atoms with Crippen LogP contribution in [-0.2, 0) is 0 Å². The lowest BCUT2D eigenvalue weighted by atomic mass is 9.94. The van der Waals surface area contributed by atoms with Gasteiger partial charge in [-0.1, -0.05) is 29.8 Å². The van der Waals surface area contributed by atoms with Crippen LogP contribution in [0.1, 0.15) is 16.9 Å². The monoisotopic (exact) mass is 328 g/mol. The Kier molecular flexibility index (Phi) is 3.82. The fourth-order valence-electron chi connectivity index (χ4n) is 2.77. The Hall–Kier alpha value is -1.66. The molecule has 22 heavy (non-hydrogen) atoms. The molecule has 0 bridgehead atoms. The number of fused-ring (bicyclic) bond motifs is 1. The number of amides is 1. The Bertz CT molecular complexity index is 717. The maximum Gasteiger partial charge on any atom is 0.271 e. The molecule has 2 N–H and O–H groups in total. The third-order valence-electron chi connectivity index (χ3n) is 4.12. The van der Waals surface area contributed by atoms with Crippen LogP contribution in [0, 0.1) is 5.92 Å². The van der Waals surface area contributed by atoms with Crippen LogP contribution >= 0.6 is 11.6 Å². The predicted molar refractivity (Wildman–Crippen MR) is 79.4 cm³/mol. The number of alkyl halides is 2. The van der Waals surface area contributed by atoms with Gasteiger partial charge in [0.05, 0.1) is 17.5 Å². The van der Waals surface area contributed by atoms with Gasteiger partial charge in [0.25, 0.3) is 11.8 Å². The number of aliphatic hydroxyl groups is 1. The van der Waals surface area contributed by atoms with Crippen LogP contribution in [0.4, 0.5) is 8.78 Å². The molecule has 1 fully saturated rings. The number of aliphatic hydroxyl groups excluding tert-OH is 1. The molecule has 1 saturated heterocycles. The smallest absolute Gasteiger partial charge is 0.271 e. The van der Waals surface area contributed by atoms with E-state index in [9.17, 15) is 13.6 Å². The molecule has 0 aliphatic carbocycles. The summed E-state index contributed by atoms with van der Waals surface area (Å²) in [5.41, 5.74) is 0.918. The first-order valence-electron chi connectivity index (χ1n) is 6.98. The lowest BCUT2D eigenvalue weighted by Crippen LogP contribution is -2.50. The number of para-hydroxylation sites is 1. The molecule has 2 aromatic rings. The summed E-state index contributed by atoms with van der Waals surface area (Å²) in [4.78, 5) is 16.8. The van der Waals surface area contributed by atoms with E-state index in [0.29, 0.717) is 10.4 Å². The van der Waals surface area contributed by atoms with Gasteiger partial charge >= 0.3 is 0 Å². The van der Waals surface area contributed by atoms with Crippen molar-refractivity contribution in [2.75, 3.05) is 19.7 Å². The molecule has 118 valence electrons. The average Bonchev–Trinajstić information content (AvgIpc) is 2.84. The molecule has 7 heteroatoms. The zero-order valence-corrected chi connectivity index (χ0v) is 12.4. The zero-order chi connectivity index (χ0) is 15.9. The first-order chi connectivity index (χ1) is 10.4. The van der Waals surface area contributed by atoms with Crippen LogP contribution in [0.25, 0.3) is 10.9 Å². The summed E-state index contributed by atoms with van der Waals surface area (Å²) in [6, 6.07) is 7.19. The van der Waals surface area contributed by atoms with E-state index in [-0.39, 0.29) is 18.8 Å². The van der Waals surface area contributed by atoms with Crippen molar-refractivity contribution in [2.24, 2.45) is 5.92 Å². The van der Waals surface area contributed by atoms with Crippen LogP contribution < -0.4 is 0 Å². The van der Waals surface area contributed by atoms with Gasteiger partial charge in [0.2, 0.25) is 0 Å². The quantitative estimate of drug-likeness (QED) is 0.890. The normalized spacial score (nSPS) is 21.3. The molecule has 0 spiro atoms. The third-order valence-corrected chi connectivity index (χ3v) is 4.51. The van der Waals surface area contributed by atoms with Gasteiger partial charge in [-0.05, 0) is 6.07 Å². The lowest BCUT2D eigenvalue weighted by molar-refractivity contribution is -0.113. The first-order valence-corrected chi connectivity index (χ1v) is 7.36. The summed E-state index contributed by atoms with van der Waals surface area (Å²) in [7, 11) is 0. The molecule has 1 amide bonds. The van der Waals surface area contributed by atoms with E-state index in [1.807, 2.05) is 6.07 Å². The highest BCUT2D eigenvalue weighted by atomic mass is 35.5. The molecule has 0 saturated carbocycles. The van der Waals surface area contributed by atoms with Crippen molar-refractivity contribution in [3.63, 3.8) is 0 Å². The average molecular weight is 329 g/mol. The van der Waals surface area contributed by atoms with Crippen molar-refractivity contribution in [3.8, 4) is 0 Å². The second-order valence-corrected chi connectivity index (χ2v) is 5.88. The maximum atomic E-state index is 13.6. The number of aromatic nitrogens is 1. The number of halogens is 3. The number of benzene rings is 1. The number of hydrogen-bond donors (Lipinski definition) is 2. The molecule has 2 heterocycles. The largest absolute Gasteiger partial charge is 0.396 e. The summed E-state index contributed by atoms with van der Waals surface area (Å²) in [6.07, 6.45) is -0.457. The number of hydrogen-bond acceptors (Lipinski definition) is 2. The SMILES string of the molecule is O=C(c1[nH]c2ccccc2c1Cl)N1CCC(F)(F)C(CO)C1. The highest BCUT2D eigenvalue weighted by molar-refractivity contribution is 6.38. The Morgan fingerprint density at radius 2 is 2.18 bits per heavy atom. The van der Waals surface area contributed by atoms with E-state index >= 15 is 0 Å². The Morgan fingerprint density at radius 1 is 1.45 bits per heavy atom. The number of likely N-dealkylation sites (tertiary alicyclic amines) is 1. The standard InChI is InChI=1S/C15H15ClF2N2O2/c16-12-10-3-1-2-4-11(10)19-13(12)14(22)20-6-5-15(17,18)9(7-20)8-21/h1-4,9,19,21H,5-8H2. The second kappa shape index (κ2) is 5.52. The number of carbonyl (C=O) groups excluding carboxylic acids is 1. The molecule has 1 aromatic heterocycles. The highest BCUT2D eigenvalue weighted by Gasteiger charge is 2.45. The Balaban J connectivity index is 1.88. The maximum absolute atomic E-state index is 13.6. The van der Waals surface area contributed by atoms with Crippen molar-refractivity contribution in [3.05, 3.63) is 35.0 Å². The number of carbonyl (C=O) groups is 1. The highest BCUT2D eigenvalue weighted by Crippen LogP contribution is 2.35. The minimum absolute atomic E-state index is 0.0615. The van der Waals surface area contributed by atoms with E-state index in [1.54, 1.807) is 18.2 Å². The van der Waals surface area contributed by atoms with Crippen LogP contribution in [0.2, 0.25) is 5.02 Å². The Labute approximate surface area is 130 Å². The van der Waals surface area contributed by atoms with Gasteiger partial charge in [-0.2, -0.15) is 0 Å². The van der Waals surface area contributed by atoms with Gasteiger partial charge in [-0.3, -0.25) is 4.79 Å². The van der Waals surface area contributed by atoms with Crippen molar-refractivity contribution < 1.29 is 18.7 Å². The van der Waals surface area contributed by atoms with E-state index in [2.05, 4.69) is 4.98 Å². The molecule has 4 nitrogen and oxygen atoms in total. The molecule has 1 aromatic carbocycles. The van der Waals surface area contributed by atoms with Gasteiger partial charge in [0.15, 0.2) is 0 Å². The summed E-state index contributed by atoms with van der Waals surface area (Å²) >= 11 is 6.22. The summed E-state index contributed by atoms with van der Waals surface area (Å²) in [5, 5.41) is 10.1. The molecular formula is C15H15ClF2N2O2. The van der Waals surface area contributed by atoms with Gasteiger partial charge in [-0.25, -0.2) is 8.78 Å². The molecule has 1 aliphatic heterocycles. The number of nitrogens with one attached hydrogen (secondary N) is 1. The first kappa shape index (κ1) is 15.2. The number of rotatable bonds is 2. The fraction of sp³-hybridized carbons (Fsp3) is 0.400. The van der Waals surface area contributed by atoms with Crippen LogP contribution in [0.3, 0.4) is 0 Å². The predicted octanol–water partition coefficient (Wildman–Crippen LogP) is 2.91. The van der Waals surface area contributed by atoms with Crippen molar-refractivity contribution >= 4 is 28.4 Å². The molecule has 0 radical (unpaired) electrons. The number of nitrogens with zero attached hydrogens (tertiary/aromatic N) is 1. The summed E-state index contributed by atoms with van der Waals surface area (Å²) in [5.74, 6) is -4.61. The van der Waals surface area contributed by atoms with Crippen molar-refractivity contribution in [2.45, 2.75) is 12.3 Å². The minimum Gasteiger partial charge on any atom is -0.396 e. The summed E-state index contributed by atoms with van der Waals surface area (Å²) in [6.45, 7) is -0.904. The van der Waals surface area contributed by atoms with E-state index in [4.69, 9.17) is 16.7 Å². The van der Waals surface area contributed by atoms with Gasteiger partial charge in [-0.15, -0.1) is 0 Å². The van der Waals surface area contributed by atoms with Gasteiger partial charge < -0.3 is 15.0 Å². The van der Waals surface area contributed by atoms with E-state index in [0.717, 1.165) is 5.52 Å². The third kappa shape index (κ3) is 2.46.